The third kappa shape index (κ3) is 5.08. The van der Waals surface area contributed by atoms with Crippen LogP contribution < -0.4 is 20.7 Å². The Morgan fingerprint density at radius 2 is 1.71 bits per heavy atom. The van der Waals surface area contributed by atoms with Crippen molar-refractivity contribution in [1.82, 2.24) is 16.0 Å². The van der Waals surface area contributed by atoms with Crippen LogP contribution in [0.25, 0.3) is 0 Å². The molecule has 28 heavy (non-hydrogen) atoms. The second kappa shape index (κ2) is 8.68. The summed E-state index contributed by atoms with van der Waals surface area (Å²) in [5.74, 6) is 0.517. The van der Waals surface area contributed by atoms with Crippen LogP contribution in [-0.4, -0.2) is 30.4 Å². The second-order valence-corrected chi connectivity index (χ2v) is 6.20. The molecule has 8 nitrogen and oxygen atoms in total. The van der Waals surface area contributed by atoms with E-state index in [1.54, 1.807) is 24.3 Å². The second-order valence-electron chi connectivity index (χ2n) is 6.20. The normalized spacial score (nSPS) is 15.3. The number of nitrogens with one attached hydrogen (secondary N) is 3. The summed E-state index contributed by atoms with van der Waals surface area (Å²) >= 11 is 0. The molecule has 0 saturated carbocycles. The van der Waals surface area contributed by atoms with Gasteiger partial charge in [-0.15, -0.1) is 0 Å². The fraction of sp³-hybridized carbons (Fsp3) is 0.200. The van der Waals surface area contributed by atoms with Crippen molar-refractivity contribution in [2.24, 2.45) is 0 Å². The van der Waals surface area contributed by atoms with Crippen LogP contribution in [0.2, 0.25) is 0 Å². The fourth-order valence-electron chi connectivity index (χ4n) is 2.66. The van der Waals surface area contributed by atoms with Gasteiger partial charge in [-0.3, -0.25) is 14.9 Å². The van der Waals surface area contributed by atoms with Crippen molar-refractivity contribution in [3.63, 3.8) is 0 Å². The number of nitriles is 1. The number of imide groups is 1. The number of amides is 4. The monoisotopic (exact) mass is 378 g/mol. The van der Waals surface area contributed by atoms with Crippen LogP contribution in [-0.2, 0) is 16.0 Å². The van der Waals surface area contributed by atoms with Crippen LogP contribution in [0.3, 0.4) is 0 Å². The van der Waals surface area contributed by atoms with Gasteiger partial charge in [-0.1, -0.05) is 12.1 Å². The predicted octanol–water partition coefficient (Wildman–Crippen LogP) is 1.61. The predicted molar refractivity (Wildman–Crippen MR) is 99.5 cm³/mol. The van der Waals surface area contributed by atoms with Crippen LogP contribution in [0.5, 0.6) is 11.5 Å². The van der Waals surface area contributed by atoms with E-state index in [9.17, 15) is 14.4 Å². The van der Waals surface area contributed by atoms with E-state index in [0.717, 1.165) is 5.56 Å². The van der Waals surface area contributed by atoms with Crippen LogP contribution in [0.4, 0.5) is 4.79 Å². The number of hydrogen-bond acceptors (Lipinski definition) is 5. The largest absolute Gasteiger partial charge is 0.457 e. The molecule has 1 aliphatic rings. The smallest absolute Gasteiger partial charge is 0.322 e. The molecule has 3 rings (SSSR count). The highest BCUT2D eigenvalue weighted by Crippen LogP contribution is 2.22. The molecule has 1 fully saturated rings. The lowest BCUT2D eigenvalue weighted by molar-refractivity contribution is -0.126. The zero-order chi connectivity index (χ0) is 19.9. The summed E-state index contributed by atoms with van der Waals surface area (Å²) in [5.41, 5.74) is 1.58. The molecule has 1 aliphatic heterocycles. The van der Waals surface area contributed by atoms with E-state index in [1.165, 1.54) is 0 Å². The third-order valence-corrected chi connectivity index (χ3v) is 4.13. The molecule has 0 bridgehead atoms. The van der Waals surface area contributed by atoms with E-state index in [-0.39, 0.29) is 12.3 Å². The minimum Gasteiger partial charge on any atom is -0.457 e. The molecule has 142 valence electrons. The van der Waals surface area contributed by atoms with Gasteiger partial charge in [0.15, 0.2) is 0 Å². The Morgan fingerprint density at radius 1 is 1.07 bits per heavy atom. The summed E-state index contributed by atoms with van der Waals surface area (Å²) in [4.78, 5) is 34.3. The Balaban J connectivity index is 1.42. The highest BCUT2D eigenvalue weighted by atomic mass is 16.5. The molecule has 2 aromatic carbocycles. The maximum atomic E-state index is 11.9. The van der Waals surface area contributed by atoms with Crippen molar-refractivity contribution < 1.29 is 19.1 Å². The van der Waals surface area contributed by atoms with Crippen molar-refractivity contribution in [2.75, 3.05) is 6.54 Å². The molecule has 1 atom stereocenters. The van der Waals surface area contributed by atoms with E-state index < -0.39 is 18.0 Å². The Labute approximate surface area is 161 Å². The lowest BCUT2D eigenvalue weighted by Crippen LogP contribution is -2.36. The van der Waals surface area contributed by atoms with E-state index in [4.69, 9.17) is 10.00 Å². The molecule has 1 heterocycles. The molecule has 1 unspecified atom stereocenters. The molecule has 0 aromatic heterocycles. The van der Waals surface area contributed by atoms with Crippen LogP contribution >= 0.6 is 0 Å². The molecule has 0 aliphatic carbocycles. The van der Waals surface area contributed by atoms with Crippen LogP contribution in [0, 0.1) is 11.3 Å². The quantitative estimate of drug-likeness (QED) is 0.632. The van der Waals surface area contributed by atoms with Gasteiger partial charge in [-0.05, 0) is 48.4 Å². The van der Waals surface area contributed by atoms with Gasteiger partial charge < -0.3 is 15.4 Å². The number of carbonyl (C=O) groups excluding carboxylic acids is 3. The maximum absolute atomic E-state index is 11.9. The van der Waals surface area contributed by atoms with Crippen molar-refractivity contribution in [1.29, 1.82) is 5.26 Å². The van der Waals surface area contributed by atoms with Gasteiger partial charge in [0.2, 0.25) is 5.91 Å². The van der Waals surface area contributed by atoms with Gasteiger partial charge in [0.05, 0.1) is 18.1 Å². The molecule has 1 saturated heterocycles. The molecule has 3 N–H and O–H groups in total. The minimum atomic E-state index is -0.814. The molecule has 0 spiro atoms. The average molecular weight is 378 g/mol. The van der Waals surface area contributed by atoms with E-state index in [1.807, 2.05) is 24.3 Å². The highest BCUT2D eigenvalue weighted by molar-refractivity contribution is 6.05. The van der Waals surface area contributed by atoms with Crippen molar-refractivity contribution in [3.05, 3.63) is 59.7 Å². The third-order valence-electron chi connectivity index (χ3n) is 4.13. The van der Waals surface area contributed by atoms with Gasteiger partial charge in [0.1, 0.15) is 17.5 Å². The first-order valence-electron chi connectivity index (χ1n) is 8.68. The number of carbonyl (C=O) groups is 3. The van der Waals surface area contributed by atoms with Crippen molar-refractivity contribution >= 4 is 17.8 Å². The SMILES string of the molecule is N#Cc1ccc(Oc2ccc(CCNC(=O)CC3NC(=O)NC3=O)cc2)cc1. The summed E-state index contributed by atoms with van der Waals surface area (Å²) < 4.78 is 5.72. The summed E-state index contributed by atoms with van der Waals surface area (Å²) in [6.45, 7) is 0.414. The average Bonchev–Trinajstić information content (AvgIpc) is 3.00. The number of benzene rings is 2. The number of nitrogens with zero attached hydrogens (tertiary/aromatic N) is 1. The van der Waals surface area contributed by atoms with E-state index >= 15 is 0 Å². The first-order valence-corrected chi connectivity index (χ1v) is 8.68. The zero-order valence-corrected chi connectivity index (χ0v) is 14.9. The highest BCUT2D eigenvalue weighted by Gasteiger charge is 2.30. The summed E-state index contributed by atoms with van der Waals surface area (Å²) in [6.07, 6.45) is 0.529. The Kier molecular flexibility index (Phi) is 5.87. The molecular weight excluding hydrogens is 360 g/mol. The molecular formula is C20H18N4O4. The molecule has 0 radical (unpaired) electrons. The number of hydrogen-bond donors (Lipinski definition) is 3. The zero-order valence-electron chi connectivity index (χ0n) is 14.9. The lowest BCUT2D eigenvalue weighted by Gasteiger charge is -2.09. The first-order chi connectivity index (χ1) is 13.5. The van der Waals surface area contributed by atoms with Crippen LogP contribution in [0.1, 0.15) is 17.5 Å². The van der Waals surface area contributed by atoms with Gasteiger partial charge in [-0.25, -0.2) is 4.79 Å². The molecule has 8 heteroatoms. The van der Waals surface area contributed by atoms with Crippen LogP contribution in [0.15, 0.2) is 48.5 Å². The summed E-state index contributed by atoms with van der Waals surface area (Å²) in [7, 11) is 0. The van der Waals surface area contributed by atoms with E-state index in [0.29, 0.717) is 30.0 Å². The van der Waals surface area contributed by atoms with Gasteiger partial charge >= 0.3 is 6.03 Å². The minimum absolute atomic E-state index is 0.0884. The maximum Gasteiger partial charge on any atom is 0.322 e. The Morgan fingerprint density at radius 3 is 2.29 bits per heavy atom. The summed E-state index contributed by atoms with van der Waals surface area (Å²) in [5, 5.41) is 16.0. The Hall–Kier alpha value is -3.86. The molecule has 4 amide bonds. The van der Waals surface area contributed by atoms with Crippen molar-refractivity contribution in [2.45, 2.75) is 18.9 Å². The summed E-state index contributed by atoms with van der Waals surface area (Å²) in [6, 6.07) is 15.0. The van der Waals surface area contributed by atoms with Crippen molar-refractivity contribution in [3.8, 4) is 17.6 Å². The molecule has 2 aromatic rings. The number of ether oxygens (including phenoxy) is 1. The van der Waals surface area contributed by atoms with Gasteiger partial charge in [0.25, 0.3) is 5.91 Å². The topological polar surface area (TPSA) is 120 Å². The fourth-order valence-corrected chi connectivity index (χ4v) is 2.66. The first kappa shape index (κ1) is 18.9. The van der Waals surface area contributed by atoms with Gasteiger partial charge in [-0.2, -0.15) is 5.26 Å². The van der Waals surface area contributed by atoms with E-state index in [2.05, 4.69) is 22.0 Å². The van der Waals surface area contributed by atoms with Gasteiger partial charge in [0, 0.05) is 6.54 Å². The number of rotatable bonds is 7. The standard InChI is InChI=1S/C20H18N4O4/c21-12-14-3-7-16(8-4-14)28-15-5-1-13(2-6-15)9-10-22-18(25)11-17-19(26)24-20(27)23-17/h1-8,17H,9-11H2,(H,22,25)(H2,23,24,26,27). The Bertz CT molecular complexity index is 917. The lowest BCUT2D eigenvalue weighted by atomic mass is 10.1. The number of urea groups is 1.